The molecule has 7 nitrogen and oxygen atoms in total. The summed E-state index contributed by atoms with van der Waals surface area (Å²) < 4.78 is 16.2. The first-order valence-electron chi connectivity index (χ1n) is 9.73. The Morgan fingerprint density at radius 1 is 1.21 bits per heavy atom. The zero-order valence-corrected chi connectivity index (χ0v) is 15.9. The van der Waals surface area contributed by atoms with Gasteiger partial charge in [-0.05, 0) is 37.0 Å². The van der Waals surface area contributed by atoms with Crippen molar-refractivity contribution >= 4 is 23.1 Å². The average Bonchev–Trinajstić information content (AvgIpc) is 3.37. The molecule has 0 bridgehead atoms. The van der Waals surface area contributed by atoms with Crippen molar-refractivity contribution in [2.75, 3.05) is 5.32 Å². The minimum atomic E-state index is -0.681. The number of nitrogens with one attached hydrogen (secondary N) is 2. The van der Waals surface area contributed by atoms with E-state index < -0.39 is 11.7 Å². The largest absolute Gasteiger partial charge is 0.346 e. The monoisotopic (exact) mass is 395 g/mol. The molecule has 2 aromatic heterocycles. The number of amides is 2. The third kappa shape index (κ3) is 4.59. The Balaban J connectivity index is 1.35. The van der Waals surface area contributed by atoms with Crippen LogP contribution in [-0.2, 0) is 11.3 Å². The highest BCUT2D eigenvalue weighted by Gasteiger charge is 2.19. The molecule has 1 aromatic carbocycles. The minimum absolute atomic E-state index is 0.0810. The summed E-state index contributed by atoms with van der Waals surface area (Å²) in [5, 5.41) is 5.38. The highest BCUT2D eigenvalue weighted by molar-refractivity contribution is 5.96. The van der Waals surface area contributed by atoms with E-state index in [1.807, 2.05) is 0 Å². The van der Waals surface area contributed by atoms with Crippen LogP contribution >= 0.6 is 0 Å². The van der Waals surface area contributed by atoms with Crippen molar-refractivity contribution in [3.63, 3.8) is 0 Å². The quantitative estimate of drug-likeness (QED) is 0.670. The summed E-state index contributed by atoms with van der Waals surface area (Å²) in [6.07, 6.45) is 11.7. The molecule has 0 unspecified atom stereocenters. The van der Waals surface area contributed by atoms with Gasteiger partial charge >= 0.3 is 0 Å². The molecule has 1 aliphatic rings. The molecule has 2 heterocycles. The number of imidazole rings is 1. The van der Waals surface area contributed by atoms with Crippen LogP contribution in [0.15, 0.2) is 43.0 Å². The molecule has 1 saturated carbocycles. The highest BCUT2D eigenvalue weighted by atomic mass is 19.1. The van der Waals surface area contributed by atoms with Crippen LogP contribution in [0.25, 0.3) is 5.65 Å². The maximum Gasteiger partial charge on any atom is 0.254 e. The first-order valence-corrected chi connectivity index (χ1v) is 9.73. The second kappa shape index (κ2) is 8.38. The number of nitrogens with zero attached hydrogens (tertiary/aromatic N) is 3. The van der Waals surface area contributed by atoms with E-state index >= 15 is 0 Å². The van der Waals surface area contributed by atoms with Crippen LogP contribution < -0.4 is 10.6 Å². The molecule has 0 radical (unpaired) electrons. The zero-order valence-electron chi connectivity index (χ0n) is 15.9. The van der Waals surface area contributed by atoms with E-state index in [2.05, 4.69) is 20.6 Å². The van der Waals surface area contributed by atoms with Gasteiger partial charge in [-0.2, -0.15) is 0 Å². The lowest BCUT2D eigenvalue weighted by Crippen LogP contribution is -2.24. The van der Waals surface area contributed by atoms with E-state index in [4.69, 9.17) is 0 Å². The topological polar surface area (TPSA) is 88.4 Å². The summed E-state index contributed by atoms with van der Waals surface area (Å²) >= 11 is 0. The summed E-state index contributed by atoms with van der Waals surface area (Å²) in [6, 6.07) is 4.10. The van der Waals surface area contributed by atoms with E-state index in [-0.39, 0.29) is 18.0 Å². The summed E-state index contributed by atoms with van der Waals surface area (Å²) in [7, 11) is 0. The Morgan fingerprint density at radius 2 is 2.03 bits per heavy atom. The molecule has 2 N–H and O–H groups in total. The fourth-order valence-corrected chi connectivity index (χ4v) is 3.69. The van der Waals surface area contributed by atoms with E-state index in [9.17, 15) is 14.0 Å². The van der Waals surface area contributed by atoms with Gasteiger partial charge in [-0.3, -0.25) is 14.6 Å². The predicted octanol–water partition coefficient (Wildman–Crippen LogP) is 3.32. The van der Waals surface area contributed by atoms with Crippen LogP contribution in [-0.4, -0.2) is 26.2 Å². The standard InChI is InChI=1S/C21H22FN5O2/c22-18-10-15(26-20(28)9-14-3-1-2-4-14)5-6-17(18)21(29)25-11-16-13-27-8-7-23-19(27)12-24-16/h5-8,10,12-14H,1-4,9,11H2,(H,25,29)(H,26,28). The van der Waals surface area contributed by atoms with Gasteiger partial charge in [0.1, 0.15) is 5.82 Å². The van der Waals surface area contributed by atoms with Gasteiger partial charge in [0.05, 0.1) is 24.0 Å². The molecule has 8 heteroatoms. The van der Waals surface area contributed by atoms with E-state index in [0.717, 1.165) is 12.8 Å². The number of carbonyl (C=O) groups is 2. The molecule has 29 heavy (non-hydrogen) atoms. The number of hydrogen-bond donors (Lipinski definition) is 2. The summed E-state index contributed by atoms with van der Waals surface area (Å²) in [4.78, 5) is 32.8. The van der Waals surface area contributed by atoms with Crippen molar-refractivity contribution in [1.29, 1.82) is 0 Å². The van der Waals surface area contributed by atoms with Crippen LogP contribution in [0.5, 0.6) is 0 Å². The van der Waals surface area contributed by atoms with Gasteiger partial charge in [-0.15, -0.1) is 0 Å². The van der Waals surface area contributed by atoms with E-state index in [0.29, 0.717) is 29.4 Å². The van der Waals surface area contributed by atoms with Crippen LogP contribution in [0.2, 0.25) is 0 Å². The Bertz CT molecular complexity index is 1040. The molecule has 2 amide bonds. The van der Waals surface area contributed by atoms with Crippen LogP contribution in [0.4, 0.5) is 10.1 Å². The molecule has 3 aromatic rings. The Morgan fingerprint density at radius 3 is 2.83 bits per heavy atom. The lowest BCUT2D eigenvalue weighted by atomic mass is 10.0. The molecular formula is C21H22FN5O2. The number of fused-ring (bicyclic) bond motifs is 1. The smallest absolute Gasteiger partial charge is 0.254 e. The van der Waals surface area contributed by atoms with Gasteiger partial charge in [0.2, 0.25) is 5.91 Å². The first kappa shape index (κ1) is 19.0. The SMILES string of the molecule is O=C(CC1CCCC1)Nc1ccc(C(=O)NCc2cn3ccnc3cn2)c(F)c1. The van der Waals surface area contributed by atoms with Crippen LogP contribution in [0.3, 0.4) is 0 Å². The molecule has 1 aliphatic carbocycles. The van der Waals surface area contributed by atoms with Crippen molar-refractivity contribution in [2.24, 2.45) is 5.92 Å². The number of halogens is 1. The number of benzene rings is 1. The van der Waals surface area contributed by atoms with E-state index in [1.165, 1.54) is 25.0 Å². The molecule has 4 rings (SSSR count). The van der Waals surface area contributed by atoms with Gasteiger partial charge < -0.3 is 15.0 Å². The van der Waals surface area contributed by atoms with Crippen LogP contribution in [0, 0.1) is 11.7 Å². The maximum absolute atomic E-state index is 14.4. The van der Waals surface area contributed by atoms with Gasteiger partial charge in [0.15, 0.2) is 5.65 Å². The average molecular weight is 395 g/mol. The summed E-state index contributed by atoms with van der Waals surface area (Å²) in [5.74, 6) is -0.924. The van der Waals surface area contributed by atoms with Gasteiger partial charge in [-0.25, -0.2) is 9.37 Å². The van der Waals surface area contributed by atoms with Gasteiger partial charge in [-0.1, -0.05) is 12.8 Å². The van der Waals surface area contributed by atoms with Crippen LogP contribution in [0.1, 0.15) is 48.2 Å². The number of anilines is 1. The Hall–Kier alpha value is -3.29. The van der Waals surface area contributed by atoms with Gasteiger partial charge in [0, 0.05) is 30.7 Å². The number of aromatic nitrogens is 3. The fraction of sp³-hybridized carbons (Fsp3) is 0.333. The molecule has 150 valence electrons. The number of rotatable bonds is 6. The first-order chi connectivity index (χ1) is 14.1. The summed E-state index contributed by atoms with van der Waals surface area (Å²) in [5.41, 5.74) is 1.61. The summed E-state index contributed by atoms with van der Waals surface area (Å²) in [6.45, 7) is 0.159. The maximum atomic E-state index is 14.4. The zero-order chi connectivity index (χ0) is 20.2. The number of carbonyl (C=O) groups excluding carboxylic acids is 2. The van der Waals surface area contributed by atoms with Crippen molar-refractivity contribution < 1.29 is 14.0 Å². The van der Waals surface area contributed by atoms with Gasteiger partial charge in [0.25, 0.3) is 5.91 Å². The fourth-order valence-electron chi connectivity index (χ4n) is 3.69. The molecule has 0 aliphatic heterocycles. The molecule has 0 spiro atoms. The third-order valence-electron chi connectivity index (χ3n) is 5.21. The Kier molecular flexibility index (Phi) is 5.50. The number of hydrogen-bond acceptors (Lipinski definition) is 4. The molecule has 0 atom stereocenters. The van der Waals surface area contributed by atoms with Crippen molar-refractivity contribution in [1.82, 2.24) is 19.7 Å². The molecular weight excluding hydrogens is 373 g/mol. The predicted molar refractivity (Wildman–Crippen MR) is 106 cm³/mol. The third-order valence-corrected chi connectivity index (χ3v) is 5.21. The molecule has 1 fully saturated rings. The second-order valence-corrected chi connectivity index (χ2v) is 7.35. The lowest BCUT2D eigenvalue weighted by Gasteiger charge is -2.11. The van der Waals surface area contributed by atoms with E-state index in [1.54, 1.807) is 35.3 Å². The minimum Gasteiger partial charge on any atom is -0.346 e. The van der Waals surface area contributed by atoms with Crippen molar-refractivity contribution in [3.8, 4) is 0 Å². The second-order valence-electron chi connectivity index (χ2n) is 7.35. The molecule has 0 saturated heterocycles. The van der Waals surface area contributed by atoms with Crippen molar-refractivity contribution in [3.05, 3.63) is 60.1 Å². The van der Waals surface area contributed by atoms with Crippen molar-refractivity contribution in [2.45, 2.75) is 38.6 Å². The lowest BCUT2D eigenvalue weighted by molar-refractivity contribution is -0.117. The Labute approximate surface area is 167 Å². The normalized spacial score (nSPS) is 14.2. The highest BCUT2D eigenvalue weighted by Crippen LogP contribution is 2.28.